The number of nitrogens with one attached hydrogen (secondary N) is 3. The molecule has 0 saturated carbocycles. The Morgan fingerprint density at radius 1 is 1.33 bits per heavy atom. The zero-order chi connectivity index (χ0) is 12.3. The SMILES string of the molecule is Cl.O=C(Nc1c[nH]cc(Br)c1=O)C1CCNCC1. The van der Waals surface area contributed by atoms with Crippen LogP contribution in [-0.4, -0.2) is 24.0 Å². The molecule has 3 N–H and O–H groups in total. The van der Waals surface area contributed by atoms with Crippen molar-refractivity contribution in [1.29, 1.82) is 0 Å². The van der Waals surface area contributed by atoms with Crippen molar-refractivity contribution < 1.29 is 4.79 Å². The monoisotopic (exact) mass is 335 g/mol. The number of carbonyl (C=O) groups is 1. The first-order valence-corrected chi connectivity index (χ1v) is 6.36. The number of hydrogen-bond acceptors (Lipinski definition) is 3. The van der Waals surface area contributed by atoms with Gasteiger partial charge in [0, 0.05) is 18.3 Å². The van der Waals surface area contributed by atoms with E-state index in [9.17, 15) is 9.59 Å². The lowest BCUT2D eigenvalue weighted by atomic mass is 9.97. The van der Waals surface area contributed by atoms with Crippen molar-refractivity contribution in [3.8, 4) is 0 Å². The van der Waals surface area contributed by atoms with E-state index in [1.165, 1.54) is 6.20 Å². The molecule has 0 aliphatic carbocycles. The minimum Gasteiger partial charge on any atom is -0.365 e. The van der Waals surface area contributed by atoms with Crippen LogP contribution in [0.25, 0.3) is 0 Å². The highest BCUT2D eigenvalue weighted by Crippen LogP contribution is 2.14. The summed E-state index contributed by atoms with van der Waals surface area (Å²) in [6.07, 6.45) is 4.68. The van der Waals surface area contributed by atoms with Gasteiger partial charge in [-0.05, 0) is 41.9 Å². The molecule has 1 aromatic heterocycles. The Bertz CT molecular complexity index is 472. The van der Waals surface area contributed by atoms with Gasteiger partial charge in [-0.25, -0.2) is 0 Å². The average Bonchev–Trinajstić information content (AvgIpc) is 2.36. The molecular weight excluding hydrogens is 321 g/mol. The van der Waals surface area contributed by atoms with E-state index in [1.807, 2.05) is 0 Å². The van der Waals surface area contributed by atoms with Gasteiger partial charge in [0.2, 0.25) is 11.3 Å². The van der Waals surface area contributed by atoms with E-state index in [0.717, 1.165) is 25.9 Å². The molecule has 7 heteroatoms. The molecule has 5 nitrogen and oxygen atoms in total. The summed E-state index contributed by atoms with van der Waals surface area (Å²) in [5, 5.41) is 5.88. The molecule has 1 aromatic rings. The Kier molecular flexibility index (Phi) is 5.84. The van der Waals surface area contributed by atoms with Crippen LogP contribution >= 0.6 is 28.3 Å². The van der Waals surface area contributed by atoms with Gasteiger partial charge in [0.1, 0.15) is 5.69 Å². The number of aromatic nitrogens is 1. The van der Waals surface area contributed by atoms with Gasteiger partial charge in [0.05, 0.1) is 4.47 Å². The molecule has 0 unspecified atom stereocenters. The number of anilines is 1. The molecule has 100 valence electrons. The molecule has 2 heterocycles. The lowest BCUT2D eigenvalue weighted by Crippen LogP contribution is -2.35. The summed E-state index contributed by atoms with van der Waals surface area (Å²) in [5.74, 6) is -0.0790. The Labute approximate surface area is 119 Å². The van der Waals surface area contributed by atoms with Crippen molar-refractivity contribution in [2.24, 2.45) is 5.92 Å². The van der Waals surface area contributed by atoms with Crippen LogP contribution in [0.2, 0.25) is 0 Å². The van der Waals surface area contributed by atoms with Crippen LogP contribution in [0.4, 0.5) is 5.69 Å². The highest BCUT2D eigenvalue weighted by atomic mass is 79.9. The van der Waals surface area contributed by atoms with Crippen LogP contribution in [0.5, 0.6) is 0 Å². The number of H-pyrrole nitrogens is 1. The summed E-state index contributed by atoms with van der Waals surface area (Å²) in [5.41, 5.74) is 0.0916. The topological polar surface area (TPSA) is 74.0 Å². The second-order valence-corrected chi connectivity index (χ2v) is 4.91. The molecule has 0 spiro atoms. The summed E-state index contributed by atoms with van der Waals surface area (Å²) < 4.78 is 0.417. The Hall–Kier alpha value is -0.850. The van der Waals surface area contributed by atoms with E-state index in [1.54, 1.807) is 6.20 Å². The normalized spacial score (nSPS) is 15.8. The second kappa shape index (κ2) is 6.92. The molecule has 1 amide bonds. The summed E-state index contributed by atoms with van der Waals surface area (Å²) in [4.78, 5) is 26.4. The zero-order valence-corrected chi connectivity index (χ0v) is 12.1. The summed E-state index contributed by atoms with van der Waals surface area (Å²) in [6.45, 7) is 1.71. The molecule has 1 aliphatic heterocycles. The number of rotatable bonds is 2. The van der Waals surface area contributed by atoms with E-state index < -0.39 is 0 Å². The summed E-state index contributed by atoms with van der Waals surface area (Å²) >= 11 is 3.13. The smallest absolute Gasteiger partial charge is 0.227 e. The third-order valence-corrected chi connectivity index (χ3v) is 3.46. The van der Waals surface area contributed by atoms with Crippen molar-refractivity contribution in [3.63, 3.8) is 0 Å². The molecular formula is C11H15BrClN3O2. The Morgan fingerprint density at radius 3 is 2.67 bits per heavy atom. The van der Waals surface area contributed by atoms with Gasteiger partial charge in [-0.1, -0.05) is 0 Å². The molecule has 1 fully saturated rings. The van der Waals surface area contributed by atoms with Crippen molar-refractivity contribution >= 4 is 39.9 Å². The van der Waals surface area contributed by atoms with Gasteiger partial charge < -0.3 is 15.6 Å². The Morgan fingerprint density at radius 2 is 2.00 bits per heavy atom. The average molecular weight is 337 g/mol. The molecule has 0 radical (unpaired) electrons. The van der Waals surface area contributed by atoms with Crippen LogP contribution in [0, 0.1) is 5.92 Å². The summed E-state index contributed by atoms with van der Waals surface area (Å²) in [7, 11) is 0. The molecule has 1 aliphatic rings. The van der Waals surface area contributed by atoms with E-state index in [0.29, 0.717) is 10.2 Å². The first-order valence-electron chi connectivity index (χ1n) is 5.56. The predicted octanol–water partition coefficient (Wildman–Crippen LogP) is 1.50. The van der Waals surface area contributed by atoms with E-state index >= 15 is 0 Å². The molecule has 2 rings (SSSR count). The second-order valence-electron chi connectivity index (χ2n) is 4.06. The largest absolute Gasteiger partial charge is 0.365 e. The molecule has 0 aromatic carbocycles. The van der Waals surface area contributed by atoms with Crippen LogP contribution in [-0.2, 0) is 4.79 Å². The molecule has 1 saturated heterocycles. The molecule has 0 bridgehead atoms. The maximum absolute atomic E-state index is 11.9. The van der Waals surface area contributed by atoms with Gasteiger partial charge in [-0.2, -0.15) is 0 Å². The highest BCUT2D eigenvalue weighted by Gasteiger charge is 2.21. The third kappa shape index (κ3) is 3.57. The number of carbonyl (C=O) groups excluding carboxylic acids is 1. The standard InChI is InChI=1S/C11H14BrN3O2.ClH/c12-8-5-14-6-9(10(8)16)15-11(17)7-1-3-13-4-2-7;/h5-7,13H,1-4H2,(H,14,16)(H,15,17);1H. The van der Waals surface area contributed by atoms with Crippen LogP contribution in [0.1, 0.15) is 12.8 Å². The van der Waals surface area contributed by atoms with Crippen molar-refractivity contribution in [3.05, 3.63) is 27.1 Å². The van der Waals surface area contributed by atoms with E-state index in [2.05, 4.69) is 31.5 Å². The van der Waals surface area contributed by atoms with Gasteiger partial charge in [-0.3, -0.25) is 9.59 Å². The maximum atomic E-state index is 11.9. The first kappa shape index (κ1) is 15.2. The van der Waals surface area contributed by atoms with Crippen LogP contribution < -0.4 is 16.1 Å². The maximum Gasteiger partial charge on any atom is 0.227 e. The van der Waals surface area contributed by atoms with Crippen molar-refractivity contribution in [2.75, 3.05) is 18.4 Å². The fourth-order valence-corrected chi connectivity index (χ4v) is 2.22. The Balaban J connectivity index is 0.00000162. The minimum atomic E-state index is -0.203. The van der Waals surface area contributed by atoms with Gasteiger partial charge in [0.15, 0.2) is 0 Å². The van der Waals surface area contributed by atoms with E-state index in [-0.39, 0.29) is 29.7 Å². The van der Waals surface area contributed by atoms with Gasteiger partial charge >= 0.3 is 0 Å². The number of amides is 1. The van der Waals surface area contributed by atoms with Gasteiger partial charge in [-0.15, -0.1) is 12.4 Å². The molecule has 0 atom stereocenters. The minimum absolute atomic E-state index is 0. The number of halogens is 2. The number of hydrogen-bond donors (Lipinski definition) is 3. The fraction of sp³-hybridized carbons (Fsp3) is 0.455. The number of piperidine rings is 1. The fourth-order valence-electron chi connectivity index (χ4n) is 1.87. The van der Waals surface area contributed by atoms with Crippen LogP contribution in [0.3, 0.4) is 0 Å². The van der Waals surface area contributed by atoms with Crippen LogP contribution in [0.15, 0.2) is 21.7 Å². The van der Waals surface area contributed by atoms with Crippen molar-refractivity contribution in [2.45, 2.75) is 12.8 Å². The summed E-state index contributed by atoms with van der Waals surface area (Å²) in [6, 6.07) is 0. The molecule has 18 heavy (non-hydrogen) atoms. The lowest BCUT2D eigenvalue weighted by molar-refractivity contribution is -0.120. The number of aromatic amines is 1. The third-order valence-electron chi connectivity index (χ3n) is 2.87. The lowest BCUT2D eigenvalue weighted by Gasteiger charge is -2.21. The van der Waals surface area contributed by atoms with Crippen molar-refractivity contribution in [1.82, 2.24) is 10.3 Å². The van der Waals surface area contributed by atoms with Gasteiger partial charge in [0.25, 0.3) is 0 Å². The quantitative estimate of drug-likeness (QED) is 0.766. The first-order chi connectivity index (χ1) is 8.18. The predicted molar refractivity (Wildman–Crippen MR) is 76.2 cm³/mol. The highest BCUT2D eigenvalue weighted by molar-refractivity contribution is 9.10. The number of pyridine rings is 1. The van der Waals surface area contributed by atoms with E-state index in [4.69, 9.17) is 0 Å². The zero-order valence-electron chi connectivity index (χ0n) is 9.66.